The maximum atomic E-state index is 8.22. The van der Waals surface area contributed by atoms with Gasteiger partial charge in [0.05, 0.1) is 11.2 Å². The van der Waals surface area contributed by atoms with Gasteiger partial charge < -0.3 is 5.73 Å². The Bertz CT molecular complexity index is 1180. The summed E-state index contributed by atoms with van der Waals surface area (Å²) in [4.78, 5) is 9.67. The van der Waals surface area contributed by atoms with E-state index in [0.717, 1.165) is 59.0 Å². The van der Waals surface area contributed by atoms with Crippen LogP contribution in [0.2, 0.25) is 0 Å². The van der Waals surface area contributed by atoms with Crippen LogP contribution in [0.3, 0.4) is 0 Å². The van der Waals surface area contributed by atoms with Crippen molar-refractivity contribution in [1.82, 2.24) is 4.98 Å². The lowest BCUT2D eigenvalue weighted by Gasteiger charge is -2.23. The zero-order valence-corrected chi connectivity index (χ0v) is 19.3. The highest BCUT2D eigenvalue weighted by Gasteiger charge is 2.23. The summed E-state index contributed by atoms with van der Waals surface area (Å²) >= 11 is 3.35. The molecule has 3 N–H and O–H groups in total. The molecule has 5 heteroatoms. The van der Waals surface area contributed by atoms with E-state index in [4.69, 9.17) is 16.1 Å². The Hall–Kier alpha value is -2.53. The Kier molecular flexibility index (Phi) is 5.74. The molecule has 0 radical (unpaired) electrons. The molecule has 1 aliphatic carbocycles. The van der Waals surface area contributed by atoms with Crippen molar-refractivity contribution in [3.63, 3.8) is 0 Å². The smallest absolute Gasteiger partial charge is 0.107 e. The summed E-state index contributed by atoms with van der Waals surface area (Å²) in [6, 6.07) is 10.6. The van der Waals surface area contributed by atoms with Gasteiger partial charge in [0.2, 0.25) is 0 Å². The van der Waals surface area contributed by atoms with Gasteiger partial charge in [0.1, 0.15) is 4.62 Å². The highest BCUT2D eigenvalue weighted by atomic mass is 79.9. The highest BCUT2D eigenvalue weighted by molar-refractivity contribution is 9.18. The topological polar surface area (TPSA) is 75.1 Å². The number of aryl methyl sites for hydroxylation is 2. The van der Waals surface area contributed by atoms with Crippen LogP contribution in [0, 0.1) is 12.3 Å². The summed E-state index contributed by atoms with van der Waals surface area (Å²) in [7, 11) is 0. The van der Waals surface area contributed by atoms with Crippen LogP contribution in [0.25, 0.3) is 22.2 Å². The van der Waals surface area contributed by atoms with Gasteiger partial charge in [-0.2, -0.15) is 0 Å². The van der Waals surface area contributed by atoms with Crippen molar-refractivity contribution in [1.29, 1.82) is 5.41 Å². The van der Waals surface area contributed by atoms with Gasteiger partial charge in [-0.3, -0.25) is 10.4 Å². The van der Waals surface area contributed by atoms with Gasteiger partial charge in [0.25, 0.3) is 0 Å². The number of nitrogens with two attached hydrogens (primary N) is 1. The highest BCUT2D eigenvalue weighted by Crippen LogP contribution is 2.38. The third-order valence-electron chi connectivity index (χ3n) is 5.79. The molecule has 0 bridgehead atoms. The predicted octanol–water partition coefficient (Wildman–Crippen LogP) is 6.22. The molecule has 4 nitrogen and oxygen atoms in total. The fourth-order valence-corrected chi connectivity index (χ4v) is 4.70. The monoisotopic (exact) mass is 462 g/mol. The molecule has 154 valence electrons. The third-order valence-corrected chi connectivity index (χ3v) is 6.18. The van der Waals surface area contributed by atoms with Crippen molar-refractivity contribution in [2.75, 3.05) is 5.73 Å². The summed E-state index contributed by atoms with van der Waals surface area (Å²) in [6.45, 7) is 6.29. The van der Waals surface area contributed by atoms with E-state index < -0.39 is 0 Å². The van der Waals surface area contributed by atoms with E-state index in [0.29, 0.717) is 10.3 Å². The second-order valence-corrected chi connectivity index (χ2v) is 9.10. The fraction of sp³-hybridized carbons (Fsp3) is 0.320. The van der Waals surface area contributed by atoms with Crippen LogP contribution in [0.15, 0.2) is 35.3 Å². The van der Waals surface area contributed by atoms with E-state index >= 15 is 0 Å². The number of nitrogens with one attached hydrogen (secondary N) is 1. The summed E-state index contributed by atoms with van der Waals surface area (Å²) in [5, 5.41) is 9.25. The SMILES string of the molecule is Cc1ccc(-c2nc3ccc(N)c(C(=N)Br)c3c3c2CCCC3)cc1C=NC(C)C. The second kappa shape index (κ2) is 8.31. The fourth-order valence-electron chi connectivity index (χ4n) is 4.27. The van der Waals surface area contributed by atoms with Gasteiger partial charge in [-0.05, 0) is 103 Å². The van der Waals surface area contributed by atoms with Crippen LogP contribution in [0.5, 0.6) is 0 Å². The van der Waals surface area contributed by atoms with Crippen molar-refractivity contribution in [3.8, 4) is 11.3 Å². The number of hydrogen-bond acceptors (Lipinski definition) is 4. The van der Waals surface area contributed by atoms with Gasteiger partial charge in [0, 0.05) is 34.5 Å². The van der Waals surface area contributed by atoms with Gasteiger partial charge in [-0.25, -0.2) is 4.98 Å². The van der Waals surface area contributed by atoms with Gasteiger partial charge in [-0.1, -0.05) is 12.1 Å². The van der Waals surface area contributed by atoms with Crippen LogP contribution < -0.4 is 5.73 Å². The number of hydrogen-bond donors (Lipinski definition) is 2. The summed E-state index contributed by atoms with van der Waals surface area (Å²) in [5.41, 5.74) is 15.6. The van der Waals surface area contributed by atoms with Crippen LogP contribution in [-0.2, 0) is 12.8 Å². The molecule has 2 aromatic carbocycles. The first-order valence-electron chi connectivity index (χ1n) is 10.5. The molecule has 0 spiro atoms. The second-order valence-electron chi connectivity index (χ2n) is 8.31. The lowest BCUT2D eigenvalue weighted by Crippen LogP contribution is -2.11. The molecule has 30 heavy (non-hydrogen) atoms. The molecule has 1 heterocycles. The maximum absolute atomic E-state index is 8.22. The Morgan fingerprint density at radius 1 is 1.17 bits per heavy atom. The van der Waals surface area contributed by atoms with Crippen LogP contribution >= 0.6 is 15.9 Å². The van der Waals surface area contributed by atoms with E-state index in [1.54, 1.807) is 0 Å². The minimum Gasteiger partial charge on any atom is -0.398 e. The average Bonchev–Trinajstić information content (AvgIpc) is 2.72. The van der Waals surface area contributed by atoms with Crippen molar-refractivity contribution >= 4 is 43.4 Å². The predicted molar refractivity (Wildman–Crippen MR) is 131 cm³/mol. The zero-order valence-electron chi connectivity index (χ0n) is 17.7. The molecular formula is C25H27BrN4. The molecule has 0 unspecified atom stereocenters. The van der Waals surface area contributed by atoms with Crippen molar-refractivity contribution in [2.45, 2.75) is 52.5 Å². The maximum Gasteiger partial charge on any atom is 0.107 e. The molecule has 4 rings (SSSR count). The molecule has 0 aliphatic heterocycles. The number of anilines is 1. The molecule has 0 saturated heterocycles. The van der Waals surface area contributed by atoms with E-state index in [1.165, 1.54) is 16.7 Å². The standard InChI is InChI=1S/C25H27BrN4/c1-14(2)29-13-17-12-16(9-8-15(17)3)24-19-7-5-4-6-18(19)22-21(30-24)11-10-20(27)23(22)25(26)28/h8-14,28H,4-7,27H2,1-3H3. The van der Waals surface area contributed by atoms with Crippen molar-refractivity contribution < 1.29 is 0 Å². The quantitative estimate of drug-likeness (QED) is 0.356. The number of nitrogens with zero attached hydrogens (tertiary/aromatic N) is 2. The van der Waals surface area contributed by atoms with E-state index in [9.17, 15) is 0 Å². The Balaban J connectivity index is 1.99. The zero-order chi connectivity index (χ0) is 21.4. The summed E-state index contributed by atoms with van der Waals surface area (Å²) < 4.78 is 0.315. The van der Waals surface area contributed by atoms with Gasteiger partial charge in [-0.15, -0.1) is 0 Å². The Morgan fingerprint density at radius 2 is 1.90 bits per heavy atom. The molecule has 0 atom stereocenters. The largest absolute Gasteiger partial charge is 0.398 e. The molecular weight excluding hydrogens is 436 g/mol. The Labute approximate surface area is 186 Å². The van der Waals surface area contributed by atoms with Gasteiger partial charge >= 0.3 is 0 Å². The molecule has 0 fully saturated rings. The molecule has 1 aliphatic rings. The number of benzene rings is 2. The minimum atomic E-state index is 0.267. The van der Waals surface area contributed by atoms with Crippen molar-refractivity contribution in [2.24, 2.45) is 4.99 Å². The summed E-state index contributed by atoms with van der Waals surface area (Å²) in [5.74, 6) is 0. The number of rotatable bonds is 4. The summed E-state index contributed by atoms with van der Waals surface area (Å²) in [6.07, 6.45) is 6.27. The number of aromatic nitrogens is 1. The number of pyridine rings is 1. The van der Waals surface area contributed by atoms with E-state index in [1.807, 2.05) is 18.3 Å². The lowest BCUT2D eigenvalue weighted by atomic mass is 9.84. The van der Waals surface area contributed by atoms with Crippen LogP contribution in [0.4, 0.5) is 5.69 Å². The lowest BCUT2D eigenvalue weighted by molar-refractivity contribution is 0.689. The first-order valence-corrected chi connectivity index (χ1v) is 11.3. The van der Waals surface area contributed by atoms with Crippen LogP contribution in [0.1, 0.15) is 54.5 Å². The Morgan fingerprint density at radius 3 is 2.60 bits per heavy atom. The normalized spacial score (nSPS) is 13.9. The first kappa shape index (κ1) is 20.7. The molecule has 0 saturated carbocycles. The number of aliphatic imine (C=N–C) groups is 1. The molecule has 3 aromatic rings. The number of nitrogen functional groups attached to an aromatic ring is 1. The average molecular weight is 463 g/mol. The van der Waals surface area contributed by atoms with Crippen molar-refractivity contribution in [3.05, 3.63) is 58.1 Å². The first-order chi connectivity index (χ1) is 14.4. The molecule has 1 aromatic heterocycles. The molecule has 0 amide bonds. The number of fused-ring (bicyclic) bond motifs is 3. The van der Waals surface area contributed by atoms with Gasteiger partial charge in [0.15, 0.2) is 0 Å². The van der Waals surface area contributed by atoms with Crippen LogP contribution in [-0.4, -0.2) is 21.9 Å². The van der Waals surface area contributed by atoms with E-state index in [-0.39, 0.29) is 6.04 Å². The minimum absolute atomic E-state index is 0.267. The van der Waals surface area contributed by atoms with E-state index in [2.05, 4.69) is 59.9 Å². The number of halogens is 1. The third kappa shape index (κ3) is 3.79.